The van der Waals surface area contributed by atoms with Gasteiger partial charge in [0.15, 0.2) is 0 Å². The third-order valence-corrected chi connectivity index (χ3v) is 2.14. The zero-order valence-corrected chi connectivity index (χ0v) is 6.93. The average Bonchev–Trinajstić information content (AvgIpc) is 2.46. The van der Waals surface area contributed by atoms with Gasteiger partial charge >= 0.3 is 0 Å². The van der Waals surface area contributed by atoms with E-state index in [9.17, 15) is 0 Å². The monoisotopic (exact) mass is 160 g/mol. The van der Waals surface area contributed by atoms with Crippen molar-refractivity contribution in [3.05, 3.63) is 35.7 Å². The Hall–Kier alpha value is -1.44. The third kappa shape index (κ3) is 1.05. The summed E-state index contributed by atoms with van der Waals surface area (Å²) in [6.07, 6.45) is 6.50. The predicted molar refractivity (Wildman–Crippen MR) is 51.4 cm³/mol. The molecule has 0 amide bonds. The van der Waals surface area contributed by atoms with Crippen molar-refractivity contribution < 1.29 is 0 Å². The lowest BCUT2D eigenvalue weighted by atomic mass is 10.1. The summed E-state index contributed by atoms with van der Waals surface area (Å²) >= 11 is 0. The lowest BCUT2D eigenvalue weighted by Crippen LogP contribution is -1.94. The molecule has 3 N–H and O–H groups in total. The molecule has 0 aliphatic heterocycles. The van der Waals surface area contributed by atoms with Gasteiger partial charge in [0.1, 0.15) is 0 Å². The first-order valence-electron chi connectivity index (χ1n) is 4.10. The first kappa shape index (κ1) is 7.22. The number of H-pyrrole nitrogens is 1. The largest absolute Gasteiger partial charge is 0.398 e. The molecule has 0 aromatic carbocycles. The summed E-state index contributed by atoms with van der Waals surface area (Å²) in [6.45, 7) is 3.69. The van der Waals surface area contributed by atoms with Gasteiger partial charge in [0.25, 0.3) is 0 Å². The van der Waals surface area contributed by atoms with Crippen molar-refractivity contribution in [1.82, 2.24) is 4.98 Å². The summed E-state index contributed by atoms with van der Waals surface area (Å²) in [5.74, 6) is 0. The van der Waals surface area contributed by atoms with Gasteiger partial charge in [0, 0.05) is 11.4 Å². The van der Waals surface area contributed by atoms with Crippen LogP contribution in [0.15, 0.2) is 18.7 Å². The second-order valence-corrected chi connectivity index (χ2v) is 3.08. The number of aryl methyl sites for hydroxylation is 1. The van der Waals surface area contributed by atoms with Crippen molar-refractivity contribution in [3.63, 3.8) is 0 Å². The summed E-state index contributed by atoms with van der Waals surface area (Å²) in [6, 6.07) is 2.05. The number of hydrogen-bond acceptors (Lipinski definition) is 1. The fourth-order valence-electron chi connectivity index (χ4n) is 1.48. The molecule has 1 heterocycles. The molecule has 0 atom stereocenters. The second kappa shape index (κ2) is 2.55. The first-order valence-corrected chi connectivity index (χ1v) is 4.10. The van der Waals surface area contributed by atoms with E-state index in [1.807, 2.05) is 6.07 Å². The molecule has 2 nitrogen and oxygen atoms in total. The topological polar surface area (TPSA) is 41.8 Å². The molecule has 1 aromatic heterocycles. The molecule has 1 aromatic rings. The van der Waals surface area contributed by atoms with Crippen LogP contribution in [-0.4, -0.2) is 4.98 Å². The van der Waals surface area contributed by atoms with Gasteiger partial charge in [-0.3, -0.25) is 0 Å². The highest BCUT2D eigenvalue weighted by Gasteiger charge is 2.08. The van der Waals surface area contributed by atoms with Crippen LogP contribution in [0.2, 0.25) is 0 Å². The van der Waals surface area contributed by atoms with E-state index in [0.717, 1.165) is 18.5 Å². The van der Waals surface area contributed by atoms with Crippen LogP contribution in [0.5, 0.6) is 0 Å². The molecule has 1 aliphatic rings. The molecule has 0 saturated heterocycles. The van der Waals surface area contributed by atoms with Crippen molar-refractivity contribution in [2.45, 2.75) is 12.8 Å². The van der Waals surface area contributed by atoms with Gasteiger partial charge in [-0.2, -0.15) is 0 Å². The second-order valence-electron chi connectivity index (χ2n) is 3.08. The fourth-order valence-corrected chi connectivity index (χ4v) is 1.48. The van der Waals surface area contributed by atoms with Crippen LogP contribution in [-0.2, 0) is 6.42 Å². The van der Waals surface area contributed by atoms with Crippen molar-refractivity contribution in [3.8, 4) is 0 Å². The lowest BCUT2D eigenvalue weighted by molar-refractivity contribution is 0.942. The number of hydrogen-bond donors (Lipinski definition) is 2. The molecule has 0 radical (unpaired) electrons. The van der Waals surface area contributed by atoms with E-state index in [1.165, 1.54) is 11.3 Å². The van der Waals surface area contributed by atoms with Crippen molar-refractivity contribution in [1.29, 1.82) is 0 Å². The number of allylic oxidation sites excluding steroid dienone is 1. The number of rotatable bonds is 1. The van der Waals surface area contributed by atoms with E-state index in [1.54, 1.807) is 0 Å². The Morgan fingerprint density at radius 1 is 1.58 bits per heavy atom. The molecule has 2 heteroatoms. The third-order valence-electron chi connectivity index (χ3n) is 2.14. The average molecular weight is 160 g/mol. The highest BCUT2D eigenvalue weighted by Crippen LogP contribution is 2.21. The molecular formula is C10H12N2. The van der Waals surface area contributed by atoms with Gasteiger partial charge < -0.3 is 10.7 Å². The predicted octanol–water partition coefficient (Wildman–Crippen LogP) is 1.90. The molecule has 0 fully saturated rings. The number of nitrogens with one attached hydrogen (secondary N) is 1. The highest BCUT2D eigenvalue weighted by molar-refractivity contribution is 5.65. The molecule has 0 bridgehead atoms. The van der Waals surface area contributed by atoms with E-state index < -0.39 is 0 Å². The maximum absolute atomic E-state index is 5.58. The van der Waals surface area contributed by atoms with E-state index in [2.05, 4.69) is 23.7 Å². The molecule has 62 valence electrons. The Balaban J connectivity index is 2.46. The minimum absolute atomic E-state index is 0.609. The van der Waals surface area contributed by atoms with Gasteiger partial charge in [-0.05, 0) is 24.5 Å². The van der Waals surface area contributed by atoms with E-state index in [-0.39, 0.29) is 0 Å². The van der Waals surface area contributed by atoms with Crippen molar-refractivity contribution in [2.24, 2.45) is 5.73 Å². The van der Waals surface area contributed by atoms with Gasteiger partial charge in [0.05, 0.1) is 5.69 Å². The van der Waals surface area contributed by atoms with Crippen LogP contribution in [0, 0.1) is 0 Å². The van der Waals surface area contributed by atoms with E-state index >= 15 is 0 Å². The van der Waals surface area contributed by atoms with Gasteiger partial charge in [0.2, 0.25) is 0 Å². The van der Waals surface area contributed by atoms with Crippen LogP contribution < -0.4 is 5.73 Å². The highest BCUT2D eigenvalue weighted by atomic mass is 14.8. The summed E-state index contributed by atoms with van der Waals surface area (Å²) in [5.41, 5.74) is 9.67. The lowest BCUT2D eigenvalue weighted by Gasteiger charge is -2.02. The molecule has 2 rings (SSSR count). The Morgan fingerprint density at radius 2 is 2.42 bits per heavy atom. The Labute approximate surface area is 71.8 Å². The van der Waals surface area contributed by atoms with Gasteiger partial charge in [-0.1, -0.05) is 18.7 Å². The fraction of sp³-hybridized carbons (Fsp3) is 0.200. The Morgan fingerprint density at radius 3 is 3.08 bits per heavy atom. The first-order chi connectivity index (χ1) is 5.77. The quantitative estimate of drug-likeness (QED) is 0.647. The zero-order chi connectivity index (χ0) is 8.55. The summed E-state index contributed by atoms with van der Waals surface area (Å²) in [5, 5.41) is 0. The van der Waals surface area contributed by atoms with Crippen LogP contribution in [0.25, 0.3) is 11.8 Å². The summed E-state index contributed by atoms with van der Waals surface area (Å²) in [4.78, 5) is 3.26. The van der Waals surface area contributed by atoms with E-state index in [0.29, 0.717) is 5.70 Å². The maximum atomic E-state index is 5.58. The number of aromatic nitrogens is 1. The minimum Gasteiger partial charge on any atom is -0.398 e. The van der Waals surface area contributed by atoms with E-state index in [4.69, 9.17) is 5.73 Å². The SMILES string of the molecule is C=C(N)c1cc2c([nH]1)CCC=C2. The maximum Gasteiger partial charge on any atom is 0.0616 e. The Kier molecular flexibility index (Phi) is 1.54. The van der Waals surface area contributed by atoms with Crippen molar-refractivity contribution >= 4 is 11.8 Å². The zero-order valence-electron chi connectivity index (χ0n) is 6.93. The minimum atomic E-state index is 0.609. The van der Waals surface area contributed by atoms with Crippen LogP contribution in [0.3, 0.4) is 0 Å². The Bertz CT molecular complexity index is 345. The van der Waals surface area contributed by atoms with Crippen molar-refractivity contribution in [2.75, 3.05) is 0 Å². The van der Waals surface area contributed by atoms with Gasteiger partial charge in [-0.25, -0.2) is 0 Å². The number of nitrogens with two attached hydrogens (primary N) is 1. The smallest absolute Gasteiger partial charge is 0.0616 e. The summed E-state index contributed by atoms with van der Waals surface area (Å²) < 4.78 is 0. The summed E-state index contributed by atoms with van der Waals surface area (Å²) in [7, 11) is 0. The molecule has 0 unspecified atom stereocenters. The number of fused-ring (bicyclic) bond motifs is 1. The van der Waals surface area contributed by atoms with Crippen LogP contribution in [0.1, 0.15) is 23.4 Å². The van der Waals surface area contributed by atoms with Gasteiger partial charge in [-0.15, -0.1) is 0 Å². The number of aromatic amines is 1. The normalized spacial score (nSPS) is 14.3. The molecular weight excluding hydrogens is 148 g/mol. The molecule has 0 saturated carbocycles. The standard InChI is InChI=1S/C10H12N2/c1-7(11)10-6-8-4-2-3-5-9(8)12-10/h2,4,6,12H,1,3,5,11H2. The molecule has 0 spiro atoms. The molecule has 1 aliphatic carbocycles. The van der Waals surface area contributed by atoms with Crippen LogP contribution in [0.4, 0.5) is 0 Å². The van der Waals surface area contributed by atoms with Crippen LogP contribution >= 0.6 is 0 Å². The molecule has 12 heavy (non-hydrogen) atoms.